The minimum absolute atomic E-state index is 0.0970. The number of imide groups is 1. The Morgan fingerprint density at radius 3 is 2.47 bits per heavy atom. The van der Waals surface area contributed by atoms with Gasteiger partial charge in [0.1, 0.15) is 0 Å². The molecule has 1 fully saturated rings. The molecular weight excluding hydrogens is 246 g/mol. The van der Waals surface area contributed by atoms with Gasteiger partial charge in [0.05, 0.1) is 6.04 Å². The van der Waals surface area contributed by atoms with Gasteiger partial charge in [0.2, 0.25) is 5.91 Å². The van der Waals surface area contributed by atoms with Gasteiger partial charge in [0, 0.05) is 25.1 Å². The summed E-state index contributed by atoms with van der Waals surface area (Å²) in [6.45, 7) is 4.73. The van der Waals surface area contributed by atoms with Gasteiger partial charge in [0.25, 0.3) is 0 Å². The van der Waals surface area contributed by atoms with Crippen LogP contribution in [0.2, 0.25) is 0 Å². The summed E-state index contributed by atoms with van der Waals surface area (Å²) in [7, 11) is 0. The summed E-state index contributed by atoms with van der Waals surface area (Å²) < 4.78 is 0. The number of aliphatic hydroxyl groups is 1. The molecular formula is C13H25N3O3. The van der Waals surface area contributed by atoms with E-state index in [1.54, 1.807) is 13.8 Å². The van der Waals surface area contributed by atoms with E-state index in [0.29, 0.717) is 13.1 Å². The molecule has 1 atom stereocenters. The van der Waals surface area contributed by atoms with E-state index in [4.69, 9.17) is 0 Å². The Bertz CT molecular complexity index is 314. The quantitative estimate of drug-likeness (QED) is 0.561. The third-order valence-electron chi connectivity index (χ3n) is 3.75. The van der Waals surface area contributed by atoms with E-state index in [-0.39, 0.29) is 17.9 Å². The average molecular weight is 271 g/mol. The van der Waals surface area contributed by atoms with E-state index in [1.165, 1.54) is 0 Å². The molecule has 0 heterocycles. The molecule has 0 aromatic carbocycles. The van der Waals surface area contributed by atoms with Crippen molar-refractivity contribution >= 4 is 11.9 Å². The van der Waals surface area contributed by atoms with E-state index in [1.807, 2.05) is 0 Å². The molecule has 0 aromatic heterocycles. The molecule has 1 unspecified atom stereocenters. The van der Waals surface area contributed by atoms with Gasteiger partial charge in [0.15, 0.2) is 0 Å². The van der Waals surface area contributed by atoms with Crippen LogP contribution in [0.4, 0.5) is 4.79 Å². The summed E-state index contributed by atoms with van der Waals surface area (Å²) in [6.07, 6.45) is 4.23. The second-order valence-electron chi connectivity index (χ2n) is 5.32. The lowest BCUT2D eigenvalue weighted by Gasteiger charge is -2.28. The molecule has 0 radical (unpaired) electrons. The molecule has 0 spiro atoms. The second kappa shape index (κ2) is 7.45. The van der Waals surface area contributed by atoms with Gasteiger partial charge < -0.3 is 15.7 Å². The van der Waals surface area contributed by atoms with E-state index in [9.17, 15) is 14.7 Å². The highest BCUT2D eigenvalue weighted by Gasteiger charge is 2.33. The highest BCUT2D eigenvalue weighted by atomic mass is 16.3. The molecule has 0 aromatic rings. The number of aliphatic hydroxyl groups excluding tert-OH is 1. The zero-order valence-electron chi connectivity index (χ0n) is 11.8. The summed E-state index contributed by atoms with van der Waals surface area (Å²) in [5, 5.41) is 17.4. The van der Waals surface area contributed by atoms with Crippen LogP contribution in [0.3, 0.4) is 0 Å². The number of nitrogens with one attached hydrogen (secondary N) is 3. The number of carbonyl (C=O) groups is 2. The third kappa shape index (κ3) is 4.80. The fourth-order valence-corrected chi connectivity index (χ4v) is 2.40. The molecule has 0 saturated heterocycles. The zero-order chi connectivity index (χ0) is 14.3. The minimum Gasteiger partial charge on any atom is -0.396 e. The van der Waals surface area contributed by atoms with Gasteiger partial charge in [-0.05, 0) is 26.7 Å². The zero-order valence-corrected chi connectivity index (χ0v) is 11.8. The number of hydrogen-bond donors (Lipinski definition) is 4. The highest BCUT2D eigenvalue weighted by molar-refractivity contribution is 5.96. The normalized spacial score (nSPS) is 18.9. The van der Waals surface area contributed by atoms with Crippen molar-refractivity contribution in [3.8, 4) is 0 Å². The van der Waals surface area contributed by atoms with Crippen molar-refractivity contribution in [2.24, 2.45) is 5.41 Å². The molecule has 3 amide bonds. The Balaban J connectivity index is 2.35. The molecule has 0 bridgehead atoms. The molecule has 1 aliphatic carbocycles. The fourth-order valence-electron chi connectivity index (χ4n) is 2.40. The lowest BCUT2D eigenvalue weighted by molar-refractivity contribution is -0.121. The van der Waals surface area contributed by atoms with Gasteiger partial charge in [-0.3, -0.25) is 10.1 Å². The van der Waals surface area contributed by atoms with Crippen LogP contribution < -0.4 is 16.0 Å². The Kier molecular flexibility index (Phi) is 6.24. The summed E-state index contributed by atoms with van der Waals surface area (Å²) in [5.74, 6) is -0.350. The minimum atomic E-state index is -0.473. The molecule has 4 N–H and O–H groups in total. The summed E-state index contributed by atoms with van der Waals surface area (Å²) in [4.78, 5) is 23.0. The van der Waals surface area contributed by atoms with Gasteiger partial charge in [-0.2, -0.15) is 0 Å². The highest BCUT2D eigenvalue weighted by Crippen LogP contribution is 2.36. The largest absolute Gasteiger partial charge is 0.396 e. The predicted molar refractivity (Wildman–Crippen MR) is 72.7 cm³/mol. The summed E-state index contributed by atoms with van der Waals surface area (Å²) in [5.41, 5.74) is -0.0970. The van der Waals surface area contributed by atoms with Crippen molar-refractivity contribution in [3.05, 3.63) is 0 Å². The summed E-state index contributed by atoms with van der Waals surface area (Å²) >= 11 is 0. The molecule has 19 heavy (non-hydrogen) atoms. The van der Waals surface area contributed by atoms with Crippen molar-refractivity contribution < 1.29 is 14.7 Å². The van der Waals surface area contributed by atoms with Crippen molar-refractivity contribution in [2.45, 2.75) is 45.6 Å². The first-order valence-electron chi connectivity index (χ1n) is 6.96. The lowest BCUT2D eigenvalue weighted by Crippen LogP contribution is -2.50. The lowest BCUT2D eigenvalue weighted by atomic mass is 9.87. The Labute approximate surface area is 114 Å². The first kappa shape index (κ1) is 15.9. The van der Waals surface area contributed by atoms with Gasteiger partial charge in [-0.25, -0.2) is 4.79 Å². The fraction of sp³-hybridized carbons (Fsp3) is 0.846. The van der Waals surface area contributed by atoms with Crippen LogP contribution in [0.5, 0.6) is 0 Å². The van der Waals surface area contributed by atoms with Crippen LogP contribution in [0, 0.1) is 5.41 Å². The molecule has 1 saturated carbocycles. The van der Waals surface area contributed by atoms with E-state index < -0.39 is 12.1 Å². The van der Waals surface area contributed by atoms with Crippen LogP contribution >= 0.6 is 0 Å². The molecule has 6 heteroatoms. The number of rotatable bonds is 6. The van der Waals surface area contributed by atoms with Crippen molar-refractivity contribution in [2.75, 3.05) is 19.7 Å². The molecule has 1 rings (SSSR count). The van der Waals surface area contributed by atoms with Crippen LogP contribution in [0.1, 0.15) is 39.5 Å². The second-order valence-corrected chi connectivity index (χ2v) is 5.32. The number of hydrogen-bond acceptors (Lipinski definition) is 4. The first-order valence-corrected chi connectivity index (χ1v) is 6.96. The van der Waals surface area contributed by atoms with Crippen molar-refractivity contribution in [3.63, 3.8) is 0 Å². The van der Waals surface area contributed by atoms with Crippen LogP contribution in [0.15, 0.2) is 0 Å². The number of carbonyl (C=O) groups excluding carboxylic acids is 2. The van der Waals surface area contributed by atoms with Crippen LogP contribution in [-0.2, 0) is 4.79 Å². The van der Waals surface area contributed by atoms with Crippen LogP contribution in [-0.4, -0.2) is 42.8 Å². The van der Waals surface area contributed by atoms with Gasteiger partial charge >= 0.3 is 6.03 Å². The Morgan fingerprint density at radius 2 is 1.95 bits per heavy atom. The predicted octanol–water partition coefficient (Wildman–Crippen LogP) is 0.363. The topological polar surface area (TPSA) is 90.5 Å². The number of amides is 3. The van der Waals surface area contributed by atoms with E-state index in [2.05, 4.69) is 16.0 Å². The number of urea groups is 1. The van der Waals surface area contributed by atoms with Crippen molar-refractivity contribution in [1.29, 1.82) is 0 Å². The van der Waals surface area contributed by atoms with E-state index in [0.717, 1.165) is 25.7 Å². The maximum atomic E-state index is 11.7. The van der Waals surface area contributed by atoms with Gasteiger partial charge in [-0.1, -0.05) is 12.8 Å². The maximum Gasteiger partial charge on any atom is 0.321 e. The average Bonchev–Trinajstić information content (AvgIpc) is 2.85. The molecule has 0 aliphatic heterocycles. The van der Waals surface area contributed by atoms with Crippen molar-refractivity contribution in [1.82, 2.24) is 16.0 Å². The molecule has 110 valence electrons. The first-order chi connectivity index (χ1) is 9.03. The maximum absolute atomic E-state index is 11.7. The van der Waals surface area contributed by atoms with Crippen LogP contribution in [0.25, 0.3) is 0 Å². The van der Waals surface area contributed by atoms with E-state index >= 15 is 0 Å². The Morgan fingerprint density at radius 1 is 1.32 bits per heavy atom. The smallest absolute Gasteiger partial charge is 0.321 e. The standard InChI is InChI=1S/C13H25N3O3/c1-3-14-12(19)16-11(18)10(2)15-8-13(9-17)6-4-5-7-13/h10,15,17H,3-9H2,1-2H3,(H2,14,16,18,19). The molecule has 6 nitrogen and oxygen atoms in total. The summed E-state index contributed by atoms with van der Waals surface area (Å²) in [6, 6.07) is -0.925. The molecule has 1 aliphatic rings. The van der Waals surface area contributed by atoms with Gasteiger partial charge in [-0.15, -0.1) is 0 Å². The SMILES string of the molecule is CCNC(=O)NC(=O)C(C)NCC1(CO)CCCC1. The Hall–Kier alpha value is -1.14. The third-order valence-corrected chi connectivity index (χ3v) is 3.75. The monoisotopic (exact) mass is 271 g/mol.